The number of carbonyl (C=O) groups excluding carboxylic acids is 1. The topological polar surface area (TPSA) is 51.7 Å². The number of morpholine rings is 1. The van der Waals surface area contributed by atoms with E-state index < -0.39 is 0 Å². The SMILES string of the molecule is COC(=O)c1ccncc1N1[C@@H](C)COC[C@@H]1C. The van der Waals surface area contributed by atoms with Crippen LogP contribution in [0.25, 0.3) is 0 Å². The number of methoxy groups -OCH3 is 1. The maximum atomic E-state index is 11.8. The van der Waals surface area contributed by atoms with Crippen LogP contribution in [0.2, 0.25) is 0 Å². The first kappa shape index (κ1) is 12.8. The van der Waals surface area contributed by atoms with E-state index in [1.165, 1.54) is 7.11 Å². The molecule has 1 fully saturated rings. The zero-order valence-corrected chi connectivity index (χ0v) is 10.9. The first-order valence-corrected chi connectivity index (χ1v) is 6.03. The standard InChI is InChI=1S/C13H18N2O3/c1-9-7-18-8-10(2)15(9)12-6-14-5-4-11(12)13(16)17-3/h4-6,9-10H,7-8H2,1-3H3/t9-,10-/m0/s1. The summed E-state index contributed by atoms with van der Waals surface area (Å²) in [4.78, 5) is 18.1. The second-order valence-electron chi connectivity index (χ2n) is 4.53. The molecule has 5 heteroatoms. The molecule has 18 heavy (non-hydrogen) atoms. The molecule has 5 nitrogen and oxygen atoms in total. The lowest BCUT2D eigenvalue weighted by Gasteiger charge is -2.40. The number of ether oxygens (including phenoxy) is 2. The van der Waals surface area contributed by atoms with E-state index in [0.29, 0.717) is 18.8 Å². The predicted molar refractivity (Wildman–Crippen MR) is 67.8 cm³/mol. The minimum absolute atomic E-state index is 0.210. The van der Waals surface area contributed by atoms with E-state index in [-0.39, 0.29) is 18.1 Å². The van der Waals surface area contributed by atoms with Crippen molar-refractivity contribution in [1.82, 2.24) is 4.98 Å². The van der Waals surface area contributed by atoms with Crippen LogP contribution in [0.3, 0.4) is 0 Å². The molecule has 0 unspecified atom stereocenters. The number of rotatable bonds is 2. The Morgan fingerprint density at radius 2 is 2.11 bits per heavy atom. The summed E-state index contributed by atoms with van der Waals surface area (Å²) in [5.41, 5.74) is 1.36. The van der Waals surface area contributed by atoms with Crippen molar-refractivity contribution < 1.29 is 14.3 Å². The van der Waals surface area contributed by atoms with Crippen LogP contribution in [0.5, 0.6) is 0 Å². The van der Waals surface area contributed by atoms with Crippen LogP contribution < -0.4 is 4.90 Å². The molecule has 1 aliphatic rings. The fourth-order valence-corrected chi connectivity index (χ4v) is 2.35. The van der Waals surface area contributed by atoms with Crippen LogP contribution in [-0.4, -0.2) is 43.4 Å². The highest BCUT2D eigenvalue weighted by Crippen LogP contribution is 2.26. The van der Waals surface area contributed by atoms with E-state index >= 15 is 0 Å². The van der Waals surface area contributed by atoms with Crippen molar-refractivity contribution in [2.45, 2.75) is 25.9 Å². The largest absolute Gasteiger partial charge is 0.465 e. The first-order chi connectivity index (χ1) is 8.65. The summed E-state index contributed by atoms with van der Waals surface area (Å²) in [7, 11) is 1.39. The van der Waals surface area contributed by atoms with Crippen LogP contribution in [0.4, 0.5) is 5.69 Å². The summed E-state index contributed by atoms with van der Waals surface area (Å²) in [6, 6.07) is 2.11. The number of anilines is 1. The van der Waals surface area contributed by atoms with Gasteiger partial charge in [0.2, 0.25) is 0 Å². The molecule has 0 N–H and O–H groups in total. The average Bonchev–Trinajstić information content (AvgIpc) is 2.38. The highest BCUT2D eigenvalue weighted by Gasteiger charge is 2.29. The Labute approximate surface area is 107 Å². The van der Waals surface area contributed by atoms with Gasteiger partial charge >= 0.3 is 5.97 Å². The van der Waals surface area contributed by atoms with Crippen LogP contribution in [0.15, 0.2) is 18.5 Å². The Bertz CT molecular complexity index is 426. The molecule has 98 valence electrons. The molecule has 0 radical (unpaired) electrons. The van der Waals surface area contributed by atoms with E-state index in [1.54, 1.807) is 18.5 Å². The number of pyridine rings is 1. The van der Waals surface area contributed by atoms with Crippen LogP contribution in [0.1, 0.15) is 24.2 Å². The van der Waals surface area contributed by atoms with Gasteiger partial charge in [-0.25, -0.2) is 4.79 Å². The monoisotopic (exact) mass is 250 g/mol. The normalized spacial score (nSPS) is 23.8. The molecule has 1 saturated heterocycles. The lowest BCUT2D eigenvalue weighted by Crippen LogP contribution is -2.50. The summed E-state index contributed by atoms with van der Waals surface area (Å²) >= 11 is 0. The quantitative estimate of drug-likeness (QED) is 0.744. The molecule has 2 rings (SSSR count). The third-order valence-electron chi connectivity index (χ3n) is 3.15. The van der Waals surface area contributed by atoms with Gasteiger partial charge in [0.05, 0.1) is 49.9 Å². The summed E-state index contributed by atoms with van der Waals surface area (Å²) in [6.07, 6.45) is 3.32. The van der Waals surface area contributed by atoms with Crippen LogP contribution in [-0.2, 0) is 9.47 Å². The Morgan fingerprint density at radius 3 is 2.72 bits per heavy atom. The van der Waals surface area contributed by atoms with Gasteiger partial charge in [-0.3, -0.25) is 4.98 Å². The minimum atomic E-state index is -0.335. The van der Waals surface area contributed by atoms with Gasteiger partial charge in [-0.05, 0) is 19.9 Å². The second-order valence-corrected chi connectivity index (χ2v) is 4.53. The number of carbonyl (C=O) groups is 1. The van der Waals surface area contributed by atoms with Crippen molar-refractivity contribution in [3.05, 3.63) is 24.0 Å². The molecule has 0 aliphatic carbocycles. The van der Waals surface area contributed by atoms with Gasteiger partial charge < -0.3 is 14.4 Å². The minimum Gasteiger partial charge on any atom is -0.465 e. The maximum absolute atomic E-state index is 11.8. The third-order valence-corrected chi connectivity index (χ3v) is 3.15. The first-order valence-electron chi connectivity index (χ1n) is 6.03. The summed E-state index contributed by atoms with van der Waals surface area (Å²) in [5, 5.41) is 0. The van der Waals surface area contributed by atoms with Crippen LogP contribution >= 0.6 is 0 Å². The summed E-state index contributed by atoms with van der Waals surface area (Å²) in [6.45, 7) is 5.45. The summed E-state index contributed by atoms with van der Waals surface area (Å²) < 4.78 is 10.3. The smallest absolute Gasteiger partial charge is 0.340 e. The van der Waals surface area contributed by atoms with E-state index in [4.69, 9.17) is 9.47 Å². The van der Waals surface area contributed by atoms with Crippen molar-refractivity contribution in [3.63, 3.8) is 0 Å². The Balaban J connectivity index is 2.39. The molecule has 1 aromatic heterocycles. The lowest BCUT2D eigenvalue weighted by atomic mass is 10.1. The third kappa shape index (κ3) is 2.31. The molecule has 0 saturated carbocycles. The van der Waals surface area contributed by atoms with Gasteiger partial charge in [-0.2, -0.15) is 0 Å². The Morgan fingerprint density at radius 1 is 1.44 bits per heavy atom. The van der Waals surface area contributed by atoms with E-state index in [2.05, 4.69) is 23.7 Å². The predicted octanol–water partition coefficient (Wildman–Crippen LogP) is 1.48. The zero-order chi connectivity index (χ0) is 13.1. The van der Waals surface area contributed by atoms with Crippen molar-refractivity contribution in [3.8, 4) is 0 Å². The number of hydrogen-bond acceptors (Lipinski definition) is 5. The molecule has 0 amide bonds. The fraction of sp³-hybridized carbons (Fsp3) is 0.538. The number of esters is 1. The van der Waals surface area contributed by atoms with Crippen molar-refractivity contribution in [2.75, 3.05) is 25.2 Å². The molecule has 2 heterocycles. The maximum Gasteiger partial charge on any atom is 0.340 e. The van der Waals surface area contributed by atoms with Gasteiger partial charge in [0.25, 0.3) is 0 Å². The van der Waals surface area contributed by atoms with Gasteiger partial charge in [-0.1, -0.05) is 0 Å². The number of hydrogen-bond donors (Lipinski definition) is 0. The van der Waals surface area contributed by atoms with E-state index in [0.717, 1.165) is 5.69 Å². The van der Waals surface area contributed by atoms with Gasteiger partial charge in [0, 0.05) is 6.20 Å². The second kappa shape index (κ2) is 5.35. The molecule has 0 spiro atoms. The summed E-state index contributed by atoms with van der Waals surface area (Å²) in [5.74, 6) is -0.335. The van der Waals surface area contributed by atoms with Crippen molar-refractivity contribution in [2.24, 2.45) is 0 Å². The van der Waals surface area contributed by atoms with Gasteiger partial charge in [0.1, 0.15) is 0 Å². The average molecular weight is 250 g/mol. The molecule has 1 aliphatic heterocycles. The highest BCUT2D eigenvalue weighted by molar-refractivity contribution is 5.95. The van der Waals surface area contributed by atoms with E-state index in [1.807, 2.05) is 0 Å². The highest BCUT2D eigenvalue weighted by atomic mass is 16.5. The van der Waals surface area contributed by atoms with Crippen molar-refractivity contribution >= 4 is 11.7 Å². The Hall–Kier alpha value is -1.62. The van der Waals surface area contributed by atoms with Crippen molar-refractivity contribution in [1.29, 1.82) is 0 Å². The molecule has 0 bridgehead atoms. The van der Waals surface area contributed by atoms with Crippen LogP contribution in [0, 0.1) is 0 Å². The number of nitrogens with zero attached hydrogens (tertiary/aromatic N) is 2. The zero-order valence-electron chi connectivity index (χ0n) is 10.9. The molecular formula is C13H18N2O3. The fourth-order valence-electron chi connectivity index (χ4n) is 2.35. The molecule has 0 aromatic carbocycles. The molecule has 1 aromatic rings. The van der Waals surface area contributed by atoms with Gasteiger partial charge in [0.15, 0.2) is 0 Å². The van der Waals surface area contributed by atoms with E-state index in [9.17, 15) is 4.79 Å². The molecular weight excluding hydrogens is 232 g/mol. The molecule has 2 atom stereocenters. The van der Waals surface area contributed by atoms with Gasteiger partial charge in [-0.15, -0.1) is 0 Å². The number of aromatic nitrogens is 1. The lowest BCUT2D eigenvalue weighted by molar-refractivity contribution is 0.0595. The Kier molecular flexibility index (Phi) is 3.81.